The summed E-state index contributed by atoms with van der Waals surface area (Å²) >= 11 is 0. The molecule has 0 spiro atoms. The number of benzene rings is 2. The molecule has 3 rings (SSSR count). The summed E-state index contributed by atoms with van der Waals surface area (Å²) in [7, 11) is 0. The zero-order valence-electron chi connectivity index (χ0n) is 16.1. The van der Waals surface area contributed by atoms with Gasteiger partial charge < -0.3 is 5.11 Å². The molecular formula is C22H25F3N2O2. The first kappa shape index (κ1) is 21.3. The summed E-state index contributed by atoms with van der Waals surface area (Å²) in [4.78, 5) is 12.4. The number of alkyl halides is 3. The number of hydrogen-bond acceptors (Lipinski definition) is 3. The maximum Gasteiger partial charge on any atom is 0.416 e. The van der Waals surface area contributed by atoms with Crippen molar-refractivity contribution >= 4 is 5.91 Å². The van der Waals surface area contributed by atoms with Crippen LogP contribution in [0.25, 0.3) is 0 Å². The molecule has 0 saturated carbocycles. The molecule has 0 aromatic heterocycles. The first-order valence-electron chi connectivity index (χ1n) is 9.76. The van der Waals surface area contributed by atoms with Crippen LogP contribution in [0.3, 0.4) is 0 Å². The zero-order valence-corrected chi connectivity index (χ0v) is 16.1. The van der Waals surface area contributed by atoms with Crippen molar-refractivity contribution in [3.05, 3.63) is 71.3 Å². The SMILES string of the molecule is O=C1CCCN(CCC(O)Cc2cccc(C(F)(F)F)c2)N1Cc1ccccc1. The summed E-state index contributed by atoms with van der Waals surface area (Å²) < 4.78 is 38.5. The number of aliphatic hydroxyl groups is 1. The van der Waals surface area contributed by atoms with Gasteiger partial charge in [0, 0.05) is 19.5 Å². The maximum absolute atomic E-state index is 12.8. The van der Waals surface area contributed by atoms with E-state index in [4.69, 9.17) is 0 Å². The molecule has 0 bridgehead atoms. The van der Waals surface area contributed by atoms with Crippen LogP contribution in [0.1, 0.15) is 36.0 Å². The Balaban J connectivity index is 1.58. The van der Waals surface area contributed by atoms with Gasteiger partial charge in [0.25, 0.3) is 0 Å². The topological polar surface area (TPSA) is 43.8 Å². The number of carbonyl (C=O) groups is 1. The van der Waals surface area contributed by atoms with Crippen LogP contribution in [0.4, 0.5) is 13.2 Å². The molecule has 0 aliphatic carbocycles. The second-order valence-electron chi connectivity index (χ2n) is 7.34. The molecule has 0 radical (unpaired) electrons. The normalized spacial score (nSPS) is 16.8. The second kappa shape index (κ2) is 9.41. The molecule has 1 atom stereocenters. The average Bonchev–Trinajstić information content (AvgIpc) is 2.69. The lowest BCUT2D eigenvalue weighted by Gasteiger charge is -2.39. The highest BCUT2D eigenvalue weighted by molar-refractivity contribution is 5.76. The number of amides is 1. The molecule has 1 aliphatic heterocycles. The van der Waals surface area contributed by atoms with E-state index in [9.17, 15) is 23.1 Å². The second-order valence-corrected chi connectivity index (χ2v) is 7.34. The molecule has 1 unspecified atom stereocenters. The quantitative estimate of drug-likeness (QED) is 0.755. The van der Waals surface area contributed by atoms with Gasteiger partial charge in [0.2, 0.25) is 5.91 Å². The van der Waals surface area contributed by atoms with Gasteiger partial charge >= 0.3 is 6.18 Å². The Bertz CT molecular complexity index is 811. The van der Waals surface area contributed by atoms with E-state index in [1.54, 1.807) is 11.1 Å². The molecule has 156 valence electrons. The molecule has 1 aliphatic rings. The molecule has 1 amide bonds. The van der Waals surface area contributed by atoms with Crippen LogP contribution in [-0.2, 0) is 23.9 Å². The van der Waals surface area contributed by atoms with Crippen molar-refractivity contribution in [1.82, 2.24) is 10.0 Å². The number of rotatable bonds is 7. The van der Waals surface area contributed by atoms with Gasteiger partial charge in [0.05, 0.1) is 18.2 Å². The van der Waals surface area contributed by atoms with E-state index in [1.165, 1.54) is 6.07 Å². The van der Waals surface area contributed by atoms with Crippen molar-refractivity contribution in [1.29, 1.82) is 0 Å². The summed E-state index contributed by atoms with van der Waals surface area (Å²) in [6, 6.07) is 14.7. The first-order chi connectivity index (χ1) is 13.8. The third-order valence-corrected chi connectivity index (χ3v) is 5.06. The lowest BCUT2D eigenvalue weighted by molar-refractivity contribution is -0.158. The fourth-order valence-corrected chi connectivity index (χ4v) is 3.54. The van der Waals surface area contributed by atoms with Crippen molar-refractivity contribution in [3.8, 4) is 0 Å². The molecule has 2 aromatic carbocycles. The van der Waals surface area contributed by atoms with Gasteiger partial charge in [-0.25, -0.2) is 5.01 Å². The Labute approximate surface area is 168 Å². The highest BCUT2D eigenvalue weighted by atomic mass is 19.4. The third kappa shape index (κ3) is 6.05. The largest absolute Gasteiger partial charge is 0.416 e. The summed E-state index contributed by atoms with van der Waals surface area (Å²) in [5, 5.41) is 14.0. The fraction of sp³-hybridized carbons (Fsp3) is 0.409. The maximum atomic E-state index is 12.8. The van der Waals surface area contributed by atoms with Crippen LogP contribution >= 0.6 is 0 Å². The molecular weight excluding hydrogens is 381 g/mol. The predicted octanol–water partition coefficient (Wildman–Crippen LogP) is 4.04. The van der Waals surface area contributed by atoms with Crippen LogP contribution in [0, 0.1) is 0 Å². The van der Waals surface area contributed by atoms with Gasteiger partial charge in [-0.1, -0.05) is 48.5 Å². The number of halogens is 3. The van der Waals surface area contributed by atoms with Crippen molar-refractivity contribution in [2.75, 3.05) is 13.1 Å². The zero-order chi connectivity index (χ0) is 20.9. The van der Waals surface area contributed by atoms with E-state index in [2.05, 4.69) is 0 Å². The Hall–Kier alpha value is -2.38. The molecule has 1 N–H and O–H groups in total. The summed E-state index contributed by atoms with van der Waals surface area (Å²) in [6.45, 7) is 1.66. The number of aliphatic hydroxyl groups excluding tert-OH is 1. The van der Waals surface area contributed by atoms with Gasteiger partial charge in [-0.05, 0) is 36.5 Å². The molecule has 4 nitrogen and oxygen atoms in total. The number of hydrazine groups is 1. The van der Waals surface area contributed by atoms with E-state index >= 15 is 0 Å². The van der Waals surface area contributed by atoms with Gasteiger partial charge in [-0.3, -0.25) is 9.80 Å². The molecule has 29 heavy (non-hydrogen) atoms. The number of nitrogens with zero attached hydrogens (tertiary/aromatic N) is 2. The highest BCUT2D eigenvalue weighted by Crippen LogP contribution is 2.29. The van der Waals surface area contributed by atoms with Gasteiger partial charge in [-0.2, -0.15) is 13.2 Å². The van der Waals surface area contributed by atoms with Crippen LogP contribution in [0.5, 0.6) is 0 Å². The van der Waals surface area contributed by atoms with Crippen LogP contribution < -0.4 is 0 Å². The van der Waals surface area contributed by atoms with Crippen molar-refractivity contribution < 1.29 is 23.1 Å². The Morgan fingerprint density at radius 2 is 1.76 bits per heavy atom. The summed E-state index contributed by atoms with van der Waals surface area (Å²) in [6.07, 6.45) is -3.41. The van der Waals surface area contributed by atoms with Crippen LogP contribution in [-0.4, -0.2) is 40.2 Å². The Morgan fingerprint density at radius 3 is 2.48 bits per heavy atom. The van der Waals surface area contributed by atoms with E-state index in [0.29, 0.717) is 31.5 Å². The number of hydrogen-bond donors (Lipinski definition) is 1. The molecule has 1 fully saturated rings. The minimum atomic E-state index is -4.40. The predicted molar refractivity (Wildman–Crippen MR) is 104 cm³/mol. The summed E-state index contributed by atoms with van der Waals surface area (Å²) in [5.74, 6) is 0.0486. The van der Waals surface area contributed by atoms with Crippen molar-refractivity contribution in [2.45, 2.75) is 44.5 Å². The number of carbonyl (C=O) groups excluding carboxylic acids is 1. The van der Waals surface area contributed by atoms with Gasteiger partial charge in [0.15, 0.2) is 0 Å². The Morgan fingerprint density at radius 1 is 1.03 bits per heavy atom. The fourth-order valence-electron chi connectivity index (χ4n) is 3.54. The monoisotopic (exact) mass is 406 g/mol. The van der Waals surface area contributed by atoms with Crippen molar-refractivity contribution in [2.24, 2.45) is 0 Å². The summed E-state index contributed by atoms with van der Waals surface area (Å²) in [5.41, 5.74) is 0.762. The van der Waals surface area contributed by atoms with E-state index in [0.717, 1.165) is 30.7 Å². The lowest BCUT2D eigenvalue weighted by atomic mass is 10.0. The van der Waals surface area contributed by atoms with E-state index < -0.39 is 17.8 Å². The average molecular weight is 406 g/mol. The first-order valence-corrected chi connectivity index (χ1v) is 9.76. The lowest BCUT2D eigenvalue weighted by Crippen LogP contribution is -2.50. The molecule has 2 aromatic rings. The highest BCUT2D eigenvalue weighted by Gasteiger charge is 2.30. The minimum Gasteiger partial charge on any atom is -0.393 e. The smallest absolute Gasteiger partial charge is 0.393 e. The van der Waals surface area contributed by atoms with Crippen LogP contribution in [0.15, 0.2) is 54.6 Å². The Kier molecular flexibility index (Phi) is 6.92. The standard InChI is InChI=1S/C22H25F3N2O2/c23-22(24,25)19-9-4-8-18(14-19)15-20(28)11-13-26-12-5-10-21(29)27(26)16-17-6-2-1-3-7-17/h1-4,6-9,14,20,28H,5,10-13,15-16H2. The minimum absolute atomic E-state index is 0.0486. The van der Waals surface area contributed by atoms with Crippen molar-refractivity contribution in [3.63, 3.8) is 0 Å². The van der Waals surface area contributed by atoms with E-state index in [-0.39, 0.29) is 12.3 Å². The van der Waals surface area contributed by atoms with Gasteiger partial charge in [0.1, 0.15) is 0 Å². The van der Waals surface area contributed by atoms with E-state index in [1.807, 2.05) is 35.3 Å². The molecule has 7 heteroatoms. The molecule has 1 saturated heterocycles. The van der Waals surface area contributed by atoms with Crippen LogP contribution in [0.2, 0.25) is 0 Å². The van der Waals surface area contributed by atoms with Gasteiger partial charge in [-0.15, -0.1) is 0 Å². The third-order valence-electron chi connectivity index (χ3n) is 5.06. The molecule has 1 heterocycles.